The van der Waals surface area contributed by atoms with Crippen molar-refractivity contribution >= 4 is 35.2 Å². The number of carbonyl (C=O) groups is 2. The van der Waals surface area contributed by atoms with Gasteiger partial charge in [0.25, 0.3) is 5.91 Å². The highest BCUT2D eigenvalue weighted by Gasteiger charge is 2.14. The van der Waals surface area contributed by atoms with E-state index >= 15 is 0 Å². The van der Waals surface area contributed by atoms with E-state index < -0.39 is 5.91 Å². The summed E-state index contributed by atoms with van der Waals surface area (Å²) in [5.41, 5.74) is 0.386. The maximum Gasteiger partial charge on any atom is 0.257 e. The predicted molar refractivity (Wildman–Crippen MR) is 92.1 cm³/mol. The molecule has 1 heterocycles. The molecule has 124 valence electrons. The molecule has 7 heteroatoms. The van der Waals surface area contributed by atoms with Crippen LogP contribution >= 0.6 is 23.4 Å². The average molecular weight is 364 g/mol. The number of carbonyl (C=O) groups excluding carboxylic acids is 2. The lowest BCUT2D eigenvalue weighted by atomic mass is 10.2. The molecule has 0 bridgehead atoms. The van der Waals surface area contributed by atoms with Crippen LogP contribution in [-0.2, 0) is 4.79 Å². The first-order valence-electron chi connectivity index (χ1n) is 7.24. The van der Waals surface area contributed by atoms with Crippen LogP contribution in [0, 0.1) is 0 Å². The van der Waals surface area contributed by atoms with Crippen molar-refractivity contribution in [2.75, 3.05) is 19.0 Å². The van der Waals surface area contributed by atoms with Crippen LogP contribution < -0.4 is 14.8 Å². The minimum absolute atomic E-state index is 0.124. The van der Waals surface area contributed by atoms with Crippen LogP contribution in [-0.4, -0.2) is 30.8 Å². The SMILES string of the molecule is O=C(CSc1ccc2c(c1)OCCO2)NC(=O)c1ccc(Cl)cc1. The van der Waals surface area contributed by atoms with Crippen molar-refractivity contribution in [2.24, 2.45) is 0 Å². The normalized spacial score (nSPS) is 12.5. The Morgan fingerprint density at radius 3 is 2.50 bits per heavy atom. The van der Waals surface area contributed by atoms with Gasteiger partial charge in [0.15, 0.2) is 11.5 Å². The summed E-state index contributed by atoms with van der Waals surface area (Å²) in [4.78, 5) is 24.7. The first-order valence-corrected chi connectivity index (χ1v) is 8.60. The Morgan fingerprint density at radius 1 is 1.04 bits per heavy atom. The maximum absolute atomic E-state index is 11.9. The van der Waals surface area contributed by atoms with Gasteiger partial charge in [-0.3, -0.25) is 14.9 Å². The van der Waals surface area contributed by atoms with Gasteiger partial charge in [-0.1, -0.05) is 11.6 Å². The van der Waals surface area contributed by atoms with Gasteiger partial charge < -0.3 is 9.47 Å². The summed E-state index contributed by atoms with van der Waals surface area (Å²) in [6.45, 7) is 1.05. The third-order valence-electron chi connectivity index (χ3n) is 3.24. The van der Waals surface area contributed by atoms with Crippen LogP contribution in [0.3, 0.4) is 0 Å². The second-order valence-corrected chi connectivity index (χ2v) is 6.46. The third kappa shape index (κ3) is 4.21. The molecule has 0 unspecified atom stereocenters. The van der Waals surface area contributed by atoms with E-state index in [0.29, 0.717) is 35.3 Å². The molecule has 0 aliphatic carbocycles. The number of hydrogen-bond acceptors (Lipinski definition) is 5. The van der Waals surface area contributed by atoms with Crippen molar-refractivity contribution in [2.45, 2.75) is 4.90 Å². The lowest BCUT2D eigenvalue weighted by molar-refractivity contribution is -0.117. The van der Waals surface area contributed by atoms with Gasteiger partial charge in [0, 0.05) is 15.5 Å². The summed E-state index contributed by atoms with van der Waals surface area (Å²) in [5.74, 6) is 0.685. The Labute approximate surface area is 148 Å². The van der Waals surface area contributed by atoms with Crippen molar-refractivity contribution in [3.8, 4) is 11.5 Å². The fourth-order valence-corrected chi connectivity index (χ4v) is 2.95. The summed E-state index contributed by atoms with van der Waals surface area (Å²) in [7, 11) is 0. The van der Waals surface area contributed by atoms with Crippen LogP contribution in [0.5, 0.6) is 11.5 Å². The molecular weight excluding hydrogens is 350 g/mol. The first-order chi connectivity index (χ1) is 11.6. The van der Waals surface area contributed by atoms with Gasteiger partial charge in [0.1, 0.15) is 13.2 Å². The molecule has 24 heavy (non-hydrogen) atoms. The third-order valence-corrected chi connectivity index (χ3v) is 4.49. The topological polar surface area (TPSA) is 64.6 Å². The van der Waals surface area contributed by atoms with E-state index in [9.17, 15) is 9.59 Å². The van der Waals surface area contributed by atoms with Gasteiger partial charge in [-0.2, -0.15) is 0 Å². The standard InChI is InChI=1S/C17H14ClNO4S/c18-12-3-1-11(2-4-12)17(21)19-16(20)10-24-13-5-6-14-15(9-13)23-8-7-22-14/h1-6,9H,7-8,10H2,(H,19,20,21). The summed E-state index contributed by atoms with van der Waals surface area (Å²) in [5, 5.41) is 2.88. The second kappa shape index (κ2) is 7.59. The molecule has 2 aromatic carbocycles. The summed E-state index contributed by atoms with van der Waals surface area (Å²) in [6, 6.07) is 11.8. The zero-order valence-corrected chi connectivity index (χ0v) is 14.2. The molecule has 0 spiro atoms. The highest BCUT2D eigenvalue weighted by molar-refractivity contribution is 8.00. The molecule has 0 fully saturated rings. The van der Waals surface area contributed by atoms with Crippen molar-refractivity contribution in [1.82, 2.24) is 5.32 Å². The number of amides is 2. The van der Waals surface area contributed by atoms with Gasteiger partial charge in [0.05, 0.1) is 5.75 Å². The van der Waals surface area contributed by atoms with Crippen LogP contribution in [0.15, 0.2) is 47.4 Å². The molecule has 1 N–H and O–H groups in total. The molecule has 1 aliphatic rings. The van der Waals surface area contributed by atoms with Gasteiger partial charge in [-0.05, 0) is 42.5 Å². The van der Waals surface area contributed by atoms with Crippen molar-refractivity contribution in [3.63, 3.8) is 0 Å². The van der Waals surface area contributed by atoms with Crippen LogP contribution in [0.4, 0.5) is 0 Å². The molecule has 2 amide bonds. The molecule has 0 radical (unpaired) electrons. The number of rotatable bonds is 4. The molecule has 0 saturated heterocycles. The Balaban J connectivity index is 1.54. The molecule has 1 aliphatic heterocycles. The Bertz CT molecular complexity index is 764. The Morgan fingerprint density at radius 2 is 1.75 bits per heavy atom. The molecule has 0 saturated carbocycles. The monoisotopic (exact) mass is 363 g/mol. The lowest BCUT2D eigenvalue weighted by Gasteiger charge is -2.18. The quantitative estimate of drug-likeness (QED) is 0.845. The van der Waals surface area contributed by atoms with E-state index in [1.165, 1.54) is 11.8 Å². The molecule has 5 nitrogen and oxygen atoms in total. The zero-order valence-electron chi connectivity index (χ0n) is 12.6. The zero-order chi connectivity index (χ0) is 16.9. The fourth-order valence-electron chi connectivity index (χ4n) is 2.10. The largest absolute Gasteiger partial charge is 0.486 e. The van der Waals surface area contributed by atoms with Gasteiger partial charge in [0.2, 0.25) is 5.91 Å². The van der Waals surface area contributed by atoms with Crippen molar-refractivity contribution in [3.05, 3.63) is 53.1 Å². The fraction of sp³-hybridized carbons (Fsp3) is 0.176. The minimum Gasteiger partial charge on any atom is -0.486 e. The summed E-state index contributed by atoms with van der Waals surface area (Å²) < 4.78 is 10.9. The van der Waals surface area contributed by atoms with Crippen LogP contribution in [0.1, 0.15) is 10.4 Å². The molecular formula is C17H14ClNO4S. The predicted octanol–water partition coefficient (Wildman–Crippen LogP) is 3.16. The Hall–Kier alpha value is -2.18. The van der Waals surface area contributed by atoms with Gasteiger partial charge in [-0.15, -0.1) is 11.8 Å². The number of halogens is 1. The van der Waals surface area contributed by atoms with E-state index in [2.05, 4.69) is 5.32 Å². The van der Waals surface area contributed by atoms with E-state index in [1.54, 1.807) is 24.3 Å². The minimum atomic E-state index is -0.445. The smallest absolute Gasteiger partial charge is 0.257 e. The van der Waals surface area contributed by atoms with E-state index in [0.717, 1.165) is 4.90 Å². The average Bonchev–Trinajstić information content (AvgIpc) is 2.60. The number of thioether (sulfide) groups is 1. The summed E-state index contributed by atoms with van der Waals surface area (Å²) >= 11 is 7.09. The number of ether oxygens (including phenoxy) is 2. The van der Waals surface area contributed by atoms with E-state index in [4.69, 9.17) is 21.1 Å². The van der Waals surface area contributed by atoms with E-state index in [1.807, 2.05) is 18.2 Å². The van der Waals surface area contributed by atoms with Gasteiger partial charge >= 0.3 is 0 Å². The molecule has 0 atom stereocenters. The molecule has 3 rings (SSSR count). The van der Waals surface area contributed by atoms with Gasteiger partial charge in [-0.25, -0.2) is 0 Å². The van der Waals surface area contributed by atoms with Crippen molar-refractivity contribution in [1.29, 1.82) is 0 Å². The van der Waals surface area contributed by atoms with E-state index in [-0.39, 0.29) is 11.7 Å². The Kier molecular flexibility index (Phi) is 5.27. The lowest BCUT2D eigenvalue weighted by Crippen LogP contribution is -2.31. The second-order valence-electron chi connectivity index (χ2n) is 4.98. The highest BCUT2D eigenvalue weighted by Crippen LogP contribution is 2.34. The van der Waals surface area contributed by atoms with Crippen molar-refractivity contribution < 1.29 is 19.1 Å². The first kappa shape index (κ1) is 16.7. The highest BCUT2D eigenvalue weighted by atomic mass is 35.5. The number of hydrogen-bond donors (Lipinski definition) is 1. The number of benzene rings is 2. The molecule has 2 aromatic rings. The molecule has 0 aromatic heterocycles. The van der Waals surface area contributed by atoms with Crippen LogP contribution in [0.25, 0.3) is 0 Å². The maximum atomic E-state index is 11.9. The van der Waals surface area contributed by atoms with Crippen LogP contribution in [0.2, 0.25) is 5.02 Å². The number of fused-ring (bicyclic) bond motifs is 1. The summed E-state index contributed by atoms with van der Waals surface area (Å²) in [6.07, 6.45) is 0. The number of imide groups is 1. The number of nitrogens with one attached hydrogen (secondary N) is 1.